The van der Waals surface area contributed by atoms with Gasteiger partial charge in [-0.15, -0.1) is 0 Å². The third kappa shape index (κ3) is 6.59. The number of rotatable bonds is 8. The number of carbonyl (C=O) groups is 4. The average Bonchev–Trinajstić information content (AvgIpc) is 3.23. The number of hydrogen-bond donors (Lipinski definition) is 0. The first-order valence-electron chi connectivity index (χ1n) is 11.5. The minimum absolute atomic E-state index is 0.233. The van der Waals surface area contributed by atoms with Crippen molar-refractivity contribution in [2.75, 3.05) is 6.61 Å². The van der Waals surface area contributed by atoms with Gasteiger partial charge in [0.15, 0.2) is 6.10 Å². The molecule has 3 aromatic rings. The molecule has 0 amide bonds. The van der Waals surface area contributed by atoms with Gasteiger partial charge >= 0.3 is 23.9 Å². The van der Waals surface area contributed by atoms with Crippen LogP contribution in [0.25, 0.3) is 0 Å². The van der Waals surface area contributed by atoms with Crippen molar-refractivity contribution in [2.24, 2.45) is 0 Å². The smallest absolute Gasteiger partial charge is 0.338 e. The van der Waals surface area contributed by atoms with Crippen molar-refractivity contribution in [3.05, 3.63) is 108 Å². The fourth-order valence-corrected chi connectivity index (χ4v) is 3.70. The Kier molecular flexibility index (Phi) is 8.27. The molecule has 0 unspecified atom stereocenters. The van der Waals surface area contributed by atoms with Gasteiger partial charge in [0.05, 0.1) is 16.7 Å². The van der Waals surface area contributed by atoms with Gasteiger partial charge in [-0.1, -0.05) is 54.6 Å². The molecule has 1 fully saturated rings. The van der Waals surface area contributed by atoms with E-state index in [1.807, 2.05) is 0 Å². The van der Waals surface area contributed by atoms with Gasteiger partial charge < -0.3 is 23.7 Å². The van der Waals surface area contributed by atoms with Gasteiger partial charge in [-0.25, -0.2) is 14.4 Å². The van der Waals surface area contributed by atoms with Crippen LogP contribution in [-0.4, -0.2) is 55.1 Å². The lowest BCUT2D eigenvalue weighted by atomic mass is 10.1. The first kappa shape index (κ1) is 25.6. The largest absolute Gasteiger partial charge is 0.459 e. The Morgan fingerprint density at radius 3 is 1.51 bits per heavy atom. The molecule has 1 aliphatic heterocycles. The standard InChI is InChI=1S/C28H24O9/c1-18(29)34-28-24(37-27(32)21-15-9-4-10-16-21)23(36-26(31)20-13-7-3-8-14-20)22(35-28)17-33-25(30)19-11-5-2-6-12-19/h2-16,22-24,28H,17H2,1H3/t22-,23-,24-,28+/m1/s1. The zero-order valence-corrected chi connectivity index (χ0v) is 19.9. The van der Waals surface area contributed by atoms with E-state index in [2.05, 4.69) is 0 Å². The normalized spacial score (nSPS) is 20.5. The summed E-state index contributed by atoms with van der Waals surface area (Å²) in [6.07, 6.45) is -5.09. The summed E-state index contributed by atoms with van der Waals surface area (Å²) in [6.45, 7) is 0.796. The maximum Gasteiger partial charge on any atom is 0.338 e. The molecule has 0 aliphatic carbocycles. The van der Waals surface area contributed by atoms with Crippen LogP contribution in [0.15, 0.2) is 91.0 Å². The quantitative estimate of drug-likeness (QED) is 0.335. The van der Waals surface area contributed by atoms with Gasteiger partial charge in [-0.2, -0.15) is 0 Å². The Morgan fingerprint density at radius 1 is 0.622 bits per heavy atom. The van der Waals surface area contributed by atoms with E-state index in [9.17, 15) is 19.2 Å². The van der Waals surface area contributed by atoms with Gasteiger partial charge in [0.2, 0.25) is 12.4 Å². The number of esters is 4. The molecule has 0 N–H and O–H groups in total. The zero-order chi connectivity index (χ0) is 26.2. The first-order chi connectivity index (χ1) is 17.9. The zero-order valence-electron chi connectivity index (χ0n) is 19.9. The summed E-state index contributed by atoms with van der Waals surface area (Å²) in [6, 6.07) is 24.6. The van der Waals surface area contributed by atoms with Gasteiger partial charge in [-0.3, -0.25) is 4.79 Å². The van der Waals surface area contributed by atoms with Crippen molar-refractivity contribution in [1.29, 1.82) is 0 Å². The predicted octanol–water partition coefficient (Wildman–Crippen LogP) is 3.58. The van der Waals surface area contributed by atoms with Crippen molar-refractivity contribution in [2.45, 2.75) is 31.5 Å². The van der Waals surface area contributed by atoms with Crippen LogP contribution in [0.2, 0.25) is 0 Å². The number of hydrogen-bond acceptors (Lipinski definition) is 9. The SMILES string of the molecule is CC(=O)O[C@H]1O[C@H](COC(=O)c2ccccc2)[C@@H](OC(=O)c2ccccc2)[C@H]1OC(=O)c1ccccc1. The second-order valence-electron chi connectivity index (χ2n) is 8.09. The molecule has 4 rings (SSSR count). The molecular formula is C28H24O9. The Hall–Kier alpha value is -4.50. The molecule has 3 aromatic carbocycles. The van der Waals surface area contributed by atoms with Gasteiger partial charge in [-0.05, 0) is 36.4 Å². The van der Waals surface area contributed by atoms with Crippen molar-refractivity contribution >= 4 is 23.9 Å². The summed E-state index contributed by atoms with van der Waals surface area (Å²) >= 11 is 0. The topological polar surface area (TPSA) is 114 Å². The fraction of sp³-hybridized carbons (Fsp3) is 0.214. The third-order valence-corrected chi connectivity index (χ3v) is 5.44. The highest BCUT2D eigenvalue weighted by Gasteiger charge is 2.52. The molecule has 0 bridgehead atoms. The lowest BCUT2D eigenvalue weighted by Crippen LogP contribution is -2.42. The van der Waals surface area contributed by atoms with E-state index < -0.39 is 48.5 Å². The first-order valence-corrected chi connectivity index (χ1v) is 11.5. The molecule has 1 aliphatic rings. The average molecular weight is 504 g/mol. The van der Waals surface area contributed by atoms with Gasteiger partial charge in [0.1, 0.15) is 12.7 Å². The third-order valence-electron chi connectivity index (χ3n) is 5.44. The molecule has 9 heteroatoms. The summed E-state index contributed by atoms with van der Waals surface area (Å²) in [5, 5.41) is 0. The minimum Gasteiger partial charge on any atom is -0.459 e. The molecule has 1 heterocycles. The fourth-order valence-electron chi connectivity index (χ4n) is 3.70. The second kappa shape index (κ2) is 12.0. The molecule has 0 aromatic heterocycles. The minimum atomic E-state index is -1.40. The van der Waals surface area contributed by atoms with Crippen LogP contribution in [-0.2, 0) is 28.5 Å². The molecule has 9 nitrogen and oxygen atoms in total. The predicted molar refractivity (Wildman–Crippen MR) is 128 cm³/mol. The van der Waals surface area contributed by atoms with Crippen molar-refractivity contribution in [1.82, 2.24) is 0 Å². The maximum atomic E-state index is 12.9. The number of ether oxygens (including phenoxy) is 5. The molecule has 4 atom stereocenters. The van der Waals surface area contributed by atoms with Crippen LogP contribution in [0.4, 0.5) is 0 Å². The lowest BCUT2D eigenvalue weighted by Gasteiger charge is -2.24. The number of benzene rings is 3. The van der Waals surface area contributed by atoms with E-state index in [0.717, 1.165) is 6.92 Å². The van der Waals surface area contributed by atoms with Crippen LogP contribution in [0.1, 0.15) is 38.0 Å². The number of carbonyl (C=O) groups excluding carboxylic acids is 4. The summed E-state index contributed by atoms with van der Waals surface area (Å²) in [4.78, 5) is 50.0. The molecule has 0 radical (unpaired) electrons. The van der Waals surface area contributed by atoms with E-state index in [1.54, 1.807) is 91.0 Å². The van der Waals surface area contributed by atoms with E-state index in [1.165, 1.54) is 0 Å². The Morgan fingerprint density at radius 2 is 1.05 bits per heavy atom. The van der Waals surface area contributed by atoms with Crippen LogP contribution < -0.4 is 0 Å². The summed E-state index contributed by atoms with van der Waals surface area (Å²) in [7, 11) is 0. The van der Waals surface area contributed by atoms with Crippen molar-refractivity contribution in [3.63, 3.8) is 0 Å². The molecule has 190 valence electrons. The molecule has 0 saturated carbocycles. The van der Waals surface area contributed by atoms with Crippen molar-refractivity contribution in [3.8, 4) is 0 Å². The molecule has 37 heavy (non-hydrogen) atoms. The van der Waals surface area contributed by atoms with Gasteiger partial charge in [0.25, 0.3) is 0 Å². The highest BCUT2D eigenvalue weighted by atomic mass is 16.8. The summed E-state index contributed by atoms with van der Waals surface area (Å²) in [5.41, 5.74) is 0.782. The van der Waals surface area contributed by atoms with Gasteiger partial charge in [0, 0.05) is 6.92 Å². The second-order valence-corrected chi connectivity index (χ2v) is 8.09. The van der Waals surface area contributed by atoms with E-state index in [4.69, 9.17) is 23.7 Å². The van der Waals surface area contributed by atoms with E-state index >= 15 is 0 Å². The lowest BCUT2D eigenvalue weighted by molar-refractivity contribution is -0.187. The highest BCUT2D eigenvalue weighted by molar-refractivity contribution is 5.91. The van der Waals surface area contributed by atoms with Crippen LogP contribution >= 0.6 is 0 Å². The molecular weight excluding hydrogens is 480 g/mol. The maximum absolute atomic E-state index is 12.9. The summed E-state index contributed by atoms with van der Waals surface area (Å²) in [5.74, 6) is -2.81. The monoisotopic (exact) mass is 504 g/mol. The Balaban J connectivity index is 1.58. The van der Waals surface area contributed by atoms with E-state index in [0.29, 0.717) is 5.56 Å². The summed E-state index contributed by atoms with van der Waals surface area (Å²) < 4.78 is 27.7. The molecule has 1 saturated heterocycles. The highest BCUT2D eigenvalue weighted by Crippen LogP contribution is 2.30. The van der Waals surface area contributed by atoms with Crippen LogP contribution in [0.5, 0.6) is 0 Å². The van der Waals surface area contributed by atoms with E-state index in [-0.39, 0.29) is 17.7 Å². The van der Waals surface area contributed by atoms with Crippen LogP contribution in [0, 0.1) is 0 Å². The Bertz CT molecular complexity index is 1230. The van der Waals surface area contributed by atoms with Crippen LogP contribution in [0.3, 0.4) is 0 Å². The molecule has 0 spiro atoms. The Labute approximate surface area is 212 Å². The van der Waals surface area contributed by atoms with Crippen molar-refractivity contribution < 1.29 is 42.9 Å².